The minimum absolute atomic E-state index is 0.0531. The Balaban J connectivity index is 1.86. The fraction of sp³-hybridized carbons (Fsp3) is 0.375. The van der Waals surface area contributed by atoms with E-state index in [9.17, 15) is 18.0 Å². The second-order valence-corrected chi connectivity index (χ2v) is 12.2. The van der Waals surface area contributed by atoms with Crippen molar-refractivity contribution in [3.05, 3.63) is 95.6 Å². The number of carbonyl (C=O) groups excluding carboxylic acids is 2. The average molecular weight is 580 g/mol. The van der Waals surface area contributed by atoms with Crippen LogP contribution >= 0.6 is 0 Å². The topological polar surface area (TPSA) is 96.0 Å². The lowest BCUT2D eigenvalue weighted by atomic mass is 10.1. The summed E-state index contributed by atoms with van der Waals surface area (Å²) < 4.78 is 32.7. The van der Waals surface area contributed by atoms with Crippen molar-refractivity contribution >= 4 is 27.5 Å². The first-order valence-corrected chi connectivity index (χ1v) is 15.8. The smallest absolute Gasteiger partial charge is 0.244 e. The van der Waals surface area contributed by atoms with Gasteiger partial charge in [-0.25, -0.2) is 8.42 Å². The zero-order valence-electron chi connectivity index (χ0n) is 24.5. The number of hydrogen-bond donors (Lipinski definition) is 1. The molecule has 3 rings (SSSR count). The highest BCUT2D eigenvalue weighted by atomic mass is 32.2. The van der Waals surface area contributed by atoms with Gasteiger partial charge in [-0.3, -0.25) is 13.9 Å². The standard InChI is InChI=1S/C32H41N3O5S/c1-6-25(4)33-32(37)30(7-2)34(21-27-15-11-12-24(3)20-27)31(36)22-35(41(5,38)39)28-16-18-29(19-17-28)40-23-26-13-9-8-10-14-26/h8-20,25,30H,6-7,21-23H2,1-5H3,(H,33,37)/t25-,30-/m0/s1. The molecule has 2 atom stereocenters. The summed E-state index contributed by atoms with van der Waals surface area (Å²) in [7, 11) is -3.83. The molecule has 3 aromatic rings. The molecule has 2 amide bonds. The van der Waals surface area contributed by atoms with Crippen LogP contribution in [0.15, 0.2) is 78.9 Å². The average Bonchev–Trinajstić information content (AvgIpc) is 2.94. The molecular formula is C32H41N3O5S. The summed E-state index contributed by atoms with van der Waals surface area (Å²) in [6.45, 7) is 7.80. The van der Waals surface area contributed by atoms with Gasteiger partial charge in [-0.05, 0) is 62.1 Å². The highest BCUT2D eigenvalue weighted by molar-refractivity contribution is 7.92. The Labute approximate surface area is 244 Å². The summed E-state index contributed by atoms with van der Waals surface area (Å²) in [6, 6.07) is 23.2. The van der Waals surface area contributed by atoms with Crippen LogP contribution in [0.1, 0.15) is 50.3 Å². The number of benzene rings is 3. The molecular weight excluding hydrogens is 538 g/mol. The number of sulfonamides is 1. The van der Waals surface area contributed by atoms with Gasteiger partial charge in [-0.15, -0.1) is 0 Å². The number of rotatable bonds is 14. The van der Waals surface area contributed by atoms with Crippen molar-refractivity contribution < 1.29 is 22.7 Å². The van der Waals surface area contributed by atoms with Crippen LogP contribution in [-0.4, -0.2) is 50.0 Å². The molecule has 0 heterocycles. The number of anilines is 1. The molecule has 3 aromatic carbocycles. The van der Waals surface area contributed by atoms with Gasteiger partial charge in [-0.1, -0.05) is 74.0 Å². The normalized spacial score (nSPS) is 12.7. The fourth-order valence-corrected chi connectivity index (χ4v) is 5.28. The van der Waals surface area contributed by atoms with Crippen LogP contribution in [0, 0.1) is 6.92 Å². The maximum absolute atomic E-state index is 13.9. The zero-order chi connectivity index (χ0) is 30.0. The zero-order valence-corrected chi connectivity index (χ0v) is 25.4. The van der Waals surface area contributed by atoms with Gasteiger partial charge >= 0.3 is 0 Å². The molecule has 0 fully saturated rings. The second-order valence-electron chi connectivity index (χ2n) is 10.3. The predicted octanol–water partition coefficient (Wildman–Crippen LogP) is 5.06. The molecule has 0 aliphatic rings. The van der Waals surface area contributed by atoms with Crippen LogP contribution < -0.4 is 14.4 Å². The summed E-state index contributed by atoms with van der Waals surface area (Å²) >= 11 is 0. The third-order valence-corrected chi connectivity index (χ3v) is 8.02. The van der Waals surface area contributed by atoms with Gasteiger partial charge in [0.05, 0.1) is 11.9 Å². The first-order chi connectivity index (χ1) is 19.5. The number of nitrogens with one attached hydrogen (secondary N) is 1. The molecule has 0 aliphatic heterocycles. The number of carbonyl (C=O) groups is 2. The molecule has 0 spiro atoms. The van der Waals surface area contributed by atoms with Crippen molar-refractivity contribution in [3.8, 4) is 5.75 Å². The summed E-state index contributed by atoms with van der Waals surface area (Å²) in [6.07, 6.45) is 2.20. The molecule has 0 saturated heterocycles. The Morgan fingerprint density at radius 1 is 0.902 bits per heavy atom. The van der Waals surface area contributed by atoms with Gasteiger partial charge in [0.15, 0.2) is 0 Å². The molecule has 0 saturated carbocycles. The number of amides is 2. The molecule has 220 valence electrons. The second kappa shape index (κ2) is 14.7. The van der Waals surface area contributed by atoms with Crippen molar-refractivity contribution in [1.82, 2.24) is 10.2 Å². The molecule has 1 N–H and O–H groups in total. The highest BCUT2D eigenvalue weighted by Gasteiger charge is 2.32. The highest BCUT2D eigenvalue weighted by Crippen LogP contribution is 2.23. The fourth-order valence-electron chi connectivity index (χ4n) is 4.43. The van der Waals surface area contributed by atoms with Gasteiger partial charge in [0.2, 0.25) is 21.8 Å². The van der Waals surface area contributed by atoms with Crippen molar-refractivity contribution in [2.75, 3.05) is 17.1 Å². The van der Waals surface area contributed by atoms with E-state index in [2.05, 4.69) is 5.32 Å². The minimum atomic E-state index is -3.83. The van der Waals surface area contributed by atoms with Crippen LogP contribution in [0.4, 0.5) is 5.69 Å². The third kappa shape index (κ3) is 9.35. The van der Waals surface area contributed by atoms with E-state index in [1.165, 1.54) is 4.90 Å². The van der Waals surface area contributed by atoms with Crippen LogP contribution in [0.3, 0.4) is 0 Å². The summed E-state index contributed by atoms with van der Waals surface area (Å²) in [5.41, 5.74) is 3.23. The Kier molecular flexibility index (Phi) is 11.3. The maximum atomic E-state index is 13.9. The summed E-state index contributed by atoms with van der Waals surface area (Å²) in [5.74, 6) is -0.146. The lowest BCUT2D eigenvalue weighted by molar-refractivity contribution is -0.140. The van der Waals surface area contributed by atoms with Gasteiger partial charge in [-0.2, -0.15) is 0 Å². The molecule has 41 heavy (non-hydrogen) atoms. The quantitative estimate of drug-likeness (QED) is 0.288. The van der Waals surface area contributed by atoms with E-state index in [0.29, 0.717) is 24.5 Å². The molecule has 0 aromatic heterocycles. The van der Waals surface area contributed by atoms with Crippen molar-refractivity contribution in [3.63, 3.8) is 0 Å². The lowest BCUT2D eigenvalue weighted by Gasteiger charge is -2.33. The lowest BCUT2D eigenvalue weighted by Crippen LogP contribution is -2.53. The first kappa shape index (κ1) is 31.7. The number of aryl methyl sites for hydroxylation is 1. The maximum Gasteiger partial charge on any atom is 0.244 e. The summed E-state index contributed by atoms with van der Waals surface area (Å²) in [5, 5.41) is 2.98. The molecule has 9 heteroatoms. The molecule has 0 aliphatic carbocycles. The van der Waals surface area contributed by atoms with E-state index >= 15 is 0 Å². The molecule has 0 unspecified atom stereocenters. The first-order valence-electron chi connectivity index (χ1n) is 13.9. The minimum Gasteiger partial charge on any atom is -0.489 e. The number of nitrogens with zero attached hydrogens (tertiary/aromatic N) is 2. The summed E-state index contributed by atoms with van der Waals surface area (Å²) in [4.78, 5) is 28.6. The number of ether oxygens (including phenoxy) is 1. The molecule has 8 nitrogen and oxygen atoms in total. The van der Waals surface area contributed by atoms with Crippen LogP contribution in [0.2, 0.25) is 0 Å². The van der Waals surface area contributed by atoms with Crippen LogP contribution in [0.25, 0.3) is 0 Å². The predicted molar refractivity (Wildman–Crippen MR) is 163 cm³/mol. The van der Waals surface area contributed by atoms with Crippen LogP contribution in [0.5, 0.6) is 5.75 Å². The van der Waals surface area contributed by atoms with Crippen LogP contribution in [-0.2, 0) is 32.8 Å². The van der Waals surface area contributed by atoms with E-state index in [1.54, 1.807) is 24.3 Å². The number of hydrogen-bond acceptors (Lipinski definition) is 5. The SMILES string of the molecule is CC[C@H](C)NC(=O)[C@H](CC)N(Cc1cccc(C)c1)C(=O)CN(c1ccc(OCc2ccccc2)cc1)S(C)(=O)=O. The Bertz CT molecular complexity index is 1390. The van der Waals surface area contributed by atoms with Gasteiger partial charge < -0.3 is 15.0 Å². The monoisotopic (exact) mass is 579 g/mol. The van der Waals surface area contributed by atoms with Gasteiger partial charge in [0.25, 0.3) is 0 Å². The van der Waals surface area contributed by atoms with E-state index in [-0.39, 0.29) is 18.5 Å². The van der Waals surface area contributed by atoms with Gasteiger partial charge in [0, 0.05) is 12.6 Å². The third-order valence-electron chi connectivity index (χ3n) is 6.87. The van der Waals surface area contributed by atoms with Crippen molar-refractivity contribution in [2.24, 2.45) is 0 Å². The van der Waals surface area contributed by atoms with Crippen molar-refractivity contribution in [2.45, 2.75) is 65.8 Å². The largest absolute Gasteiger partial charge is 0.489 e. The molecule has 0 bridgehead atoms. The van der Waals surface area contributed by atoms with Gasteiger partial charge in [0.1, 0.15) is 24.9 Å². The molecule has 0 radical (unpaired) electrons. The van der Waals surface area contributed by atoms with E-state index < -0.39 is 28.5 Å². The Hall–Kier alpha value is -3.85. The van der Waals surface area contributed by atoms with E-state index in [4.69, 9.17) is 4.74 Å². The van der Waals surface area contributed by atoms with Crippen molar-refractivity contribution in [1.29, 1.82) is 0 Å². The Morgan fingerprint density at radius 3 is 2.15 bits per heavy atom. The van der Waals surface area contributed by atoms with E-state index in [1.807, 2.05) is 82.3 Å². The van der Waals surface area contributed by atoms with E-state index in [0.717, 1.165) is 33.7 Å². The Morgan fingerprint density at radius 2 is 1.56 bits per heavy atom.